The highest BCUT2D eigenvalue weighted by Crippen LogP contribution is 2.25. The van der Waals surface area contributed by atoms with E-state index in [-0.39, 0.29) is 6.04 Å². The second-order valence-corrected chi connectivity index (χ2v) is 5.32. The van der Waals surface area contributed by atoms with Gasteiger partial charge in [0.2, 0.25) is 0 Å². The van der Waals surface area contributed by atoms with E-state index in [1.807, 2.05) is 7.05 Å². The number of hydrogen-bond acceptors (Lipinski definition) is 1. The van der Waals surface area contributed by atoms with E-state index >= 15 is 0 Å². The van der Waals surface area contributed by atoms with Gasteiger partial charge in [-0.25, -0.2) is 0 Å². The van der Waals surface area contributed by atoms with Crippen LogP contribution in [-0.4, -0.2) is 7.05 Å². The Balaban J connectivity index is 2.40. The van der Waals surface area contributed by atoms with Gasteiger partial charge in [-0.1, -0.05) is 48.0 Å². The van der Waals surface area contributed by atoms with Crippen LogP contribution in [0.4, 0.5) is 0 Å². The molecule has 0 heterocycles. The first-order valence-electron chi connectivity index (χ1n) is 5.70. The van der Waals surface area contributed by atoms with Crippen molar-refractivity contribution in [1.29, 1.82) is 0 Å². The molecule has 1 atom stereocenters. The fraction of sp³-hybridized carbons (Fsp3) is 0.200. The first-order valence-corrected chi connectivity index (χ1v) is 6.78. The molecule has 0 bridgehead atoms. The Bertz CT molecular complexity index is 491. The third-order valence-corrected chi connectivity index (χ3v) is 3.90. The van der Waals surface area contributed by atoms with Crippen molar-refractivity contribution in [2.75, 3.05) is 7.05 Å². The molecule has 0 saturated heterocycles. The molecule has 2 heteroatoms. The minimum Gasteiger partial charge on any atom is -0.309 e. The summed E-state index contributed by atoms with van der Waals surface area (Å²) >= 11 is 2.39. The van der Waals surface area contributed by atoms with E-state index in [2.05, 4.69) is 83.4 Å². The van der Waals surface area contributed by atoms with Gasteiger partial charge in [0.15, 0.2) is 0 Å². The molecule has 2 rings (SSSR count). The first-order chi connectivity index (χ1) is 8.22. The molecule has 0 fully saturated rings. The van der Waals surface area contributed by atoms with E-state index < -0.39 is 0 Å². The number of aryl methyl sites for hydroxylation is 1. The summed E-state index contributed by atoms with van der Waals surface area (Å²) < 4.78 is 1.30. The lowest BCUT2D eigenvalue weighted by atomic mass is 9.98. The summed E-state index contributed by atoms with van der Waals surface area (Å²) in [6, 6.07) is 17.5. The SMILES string of the molecule is CNC(c1ccc(C)cc1)c1ccccc1I. The van der Waals surface area contributed by atoms with Crippen molar-refractivity contribution >= 4 is 22.6 Å². The van der Waals surface area contributed by atoms with Gasteiger partial charge >= 0.3 is 0 Å². The van der Waals surface area contributed by atoms with E-state index in [0.717, 1.165) is 0 Å². The molecular formula is C15H16IN. The zero-order valence-corrected chi connectivity index (χ0v) is 12.2. The van der Waals surface area contributed by atoms with Gasteiger partial charge in [0.25, 0.3) is 0 Å². The molecule has 0 spiro atoms. The summed E-state index contributed by atoms with van der Waals surface area (Å²) in [7, 11) is 2.01. The Morgan fingerprint density at radius 1 is 1.00 bits per heavy atom. The topological polar surface area (TPSA) is 12.0 Å². The van der Waals surface area contributed by atoms with Crippen LogP contribution < -0.4 is 5.32 Å². The lowest BCUT2D eigenvalue weighted by molar-refractivity contribution is 0.688. The Hall–Kier alpha value is -0.870. The summed E-state index contributed by atoms with van der Waals surface area (Å²) in [6.45, 7) is 2.12. The molecule has 17 heavy (non-hydrogen) atoms. The van der Waals surface area contributed by atoms with Gasteiger partial charge in [-0.3, -0.25) is 0 Å². The van der Waals surface area contributed by atoms with Crippen LogP contribution in [0.2, 0.25) is 0 Å². The number of hydrogen-bond donors (Lipinski definition) is 1. The van der Waals surface area contributed by atoms with Crippen LogP contribution in [0.1, 0.15) is 22.7 Å². The molecule has 0 saturated carbocycles. The average molecular weight is 337 g/mol. The minimum atomic E-state index is 0.267. The van der Waals surface area contributed by atoms with E-state index in [1.54, 1.807) is 0 Å². The van der Waals surface area contributed by atoms with Gasteiger partial charge in [0.05, 0.1) is 6.04 Å². The highest BCUT2D eigenvalue weighted by molar-refractivity contribution is 14.1. The fourth-order valence-electron chi connectivity index (χ4n) is 1.97. The zero-order valence-electron chi connectivity index (χ0n) is 10.1. The van der Waals surface area contributed by atoms with Crippen LogP contribution in [0.25, 0.3) is 0 Å². The summed E-state index contributed by atoms with van der Waals surface area (Å²) in [4.78, 5) is 0. The molecule has 1 N–H and O–H groups in total. The van der Waals surface area contributed by atoms with Crippen LogP contribution in [0, 0.1) is 10.5 Å². The van der Waals surface area contributed by atoms with E-state index in [9.17, 15) is 0 Å². The van der Waals surface area contributed by atoms with Crippen LogP contribution >= 0.6 is 22.6 Å². The highest BCUT2D eigenvalue weighted by atomic mass is 127. The summed E-state index contributed by atoms with van der Waals surface area (Å²) in [5.41, 5.74) is 3.94. The first kappa shape index (κ1) is 12.6. The maximum Gasteiger partial charge on any atom is 0.0584 e. The lowest BCUT2D eigenvalue weighted by Crippen LogP contribution is -2.18. The predicted octanol–water partition coefficient (Wildman–Crippen LogP) is 3.91. The molecule has 0 aliphatic heterocycles. The minimum absolute atomic E-state index is 0.267. The molecule has 0 aromatic heterocycles. The lowest BCUT2D eigenvalue weighted by Gasteiger charge is -2.18. The Labute approximate surface area is 116 Å². The van der Waals surface area contributed by atoms with Gasteiger partial charge in [-0.2, -0.15) is 0 Å². The average Bonchev–Trinajstić information content (AvgIpc) is 2.35. The summed E-state index contributed by atoms with van der Waals surface area (Å²) in [6.07, 6.45) is 0. The molecule has 0 aliphatic carbocycles. The zero-order chi connectivity index (χ0) is 12.3. The Morgan fingerprint density at radius 3 is 2.24 bits per heavy atom. The normalized spacial score (nSPS) is 12.4. The number of nitrogens with one attached hydrogen (secondary N) is 1. The number of rotatable bonds is 3. The predicted molar refractivity (Wildman–Crippen MR) is 81.2 cm³/mol. The standard InChI is InChI=1S/C15H16IN/c1-11-7-9-12(10-8-11)15(17-2)13-5-3-4-6-14(13)16/h3-10,15,17H,1-2H3. The van der Waals surface area contributed by atoms with E-state index in [4.69, 9.17) is 0 Å². The van der Waals surface area contributed by atoms with Gasteiger partial charge in [-0.15, -0.1) is 0 Å². The Morgan fingerprint density at radius 2 is 1.65 bits per heavy atom. The number of halogens is 1. The third kappa shape index (κ3) is 2.87. The molecule has 2 aromatic carbocycles. The monoisotopic (exact) mass is 337 g/mol. The van der Waals surface area contributed by atoms with Gasteiger partial charge in [-0.05, 0) is 53.8 Å². The maximum atomic E-state index is 3.39. The van der Waals surface area contributed by atoms with E-state index in [0.29, 0.717) is 0 Å². The van der Waals surface area contributed by atoms with E-state index in [1.165, 1.54) is 20.3 Å². The second kappa shape index (κ2) is 5.65. The fourth-order valence-corrected chi connectivity index (χ4v) is 2.67. The molecule has 1 unspecified atom stereocenters. The van der Waals surface area contributed by atoms with Crippen LogP contribution in [0.3, 0.4) is 0 Å². The largest absolute Gasteiger partial charge is 0.309 e. The smallest absolute Gasteiger partial charge is 0.0584 e. The van der Waals surface area contributed by atoms with Crippen molar-refractivity contribution in [3.05, 3.63) is 68.8 Å². The van der Waals surface area contributed by atoms with Crippen molar-refractivity contribution in [2.24, 2.45) is 0 Å². The maximum absolute atomic E-state index is 3.39. The van der Waals surface area contributed by atoms with Crippen molar-refractivity contribution in [3.8, 4) is 0 Å². The summed E-state index contributed by atoms with van der Waals surface area (Å²) in [5, 5.41) is 3.39. The van der Waals surface area contributed by atoms with Crippen molar-refractivity contribution < 1.29 is 0 Å². The van der Waals surface area contributed by atoms with Gasteiger partial charge in [0.1, 0.15) is 0 Å². The van der Waals surface area contributed by atoms with Gasteiger partial charge < -0.3 is 5.32 Å². The molecule has 2 aromatic rings. The molecule has 0 amide bonds. The van der Waals surface area contributed by atoms with Crippen LogP contribution in [-0.2, 0) is 0 Å². The molecule has 0 radical (unpaired) electrons. The van der Waals surface area contributed by atoms with Crippen molar-refractivity contribution in [2.45, 2.75) is 13.0 Å². The number of benzene rings is 2. The Kier molecular flexibility index (Phi) is 4.18. The van der Waals surface area contributed by atoms with Crippen LogP contribution in [0.15, 0.2) is 48.5 Å². The molecule has 1 nitrogen and oxygen atoms in total. The highest BCUT2D eigenvalue weighted by Gasteiger charge is 2.13. The quantitative estimate of drug-likeness (QED) is 0.838. The van der Waals surface area contributed by atoms with Gasteiger partial charge in [0, 0.05) is 3.57 Å². The van der Waals surface area contributed by atoms with Crippen molar-refractivity contribution in [1.82, 2.24) is 5.32 Å². The van der Waals surface area contributed by atoms with Crippen LogP contribution in [0.5, 0.6) is 0 Å². The molecular weight excluding hydrogens is 321 g/mol. The summed E-state index contributed by atoms with van der Waals surface area (Å²) in [5.74, 6) is 0. The molecule has 0 aliphatic rings. The second-order valence-electron chi connectivity index (χ2n) is 4.15. The molecule has 88 valence electrons. The third-order valence-electron chi connectivity index (χ3n) is 2.92. The van der Waals surface area contributed by atoms with Crippen molar-refractivity contribution in [3.63, 3.8) is 0 Å².